The molecule has 13 heavy (non-hydrogen) atoms. The number of aldehydes is 1. The van der Waals surface area contributed by atoms with Gasteiger partial charge in [-0.25, -0.2) is 4.98 Å². The van der Waals surface area contributed by atoms with Gasteiger partial charge in [-0.2, -0.15) is 0 Å². The van der Waals surface area contributed by atoms with Crippen molar-refractivity contribution in [3.05, 3.63) is 41.6 Å². The van der Waals surface area contributed by atoms with Crippen LogP contribution in [0.2, 0.25) is 0 Å². The van der Waals surface area contributed by atoms with Crippen LogP contribution in [0.15, 0.2) is 30.3 Å². The van der Waals surface area contributed by atoms with Gasteiger partial charge in [0.1, 0.15) is 5.69 Å². The summed E-state index contributed by atoms with van der Waals surface area (Å²) < 4.78 is 0. The Kier molecular flexibility index (Phi) is 1.81. The molecule has 2 aromatic rings. The minimum absolute atomic E-state index is 0.483. The highest BCUT2D eigenvalue weighted by Crippen LogP contribution is 2.13. The summed E-state index contributed by atoms with van der Waals surface area (Å²) in [6.07, 6.45) is 0.763. The first kappa shape index (κ1) is 7.92. The molecule has 0 saturated heterocycles. The first-order chi connectivity index (χ1) is 6.29. The third-order valence-electron chi connectivity index (χ3n) is 1.99. The van der Waals surface area contributed by atoms with E-state index in [4.69, 9.17) is 0 Å². The van der Waals surface area contributed by atoms with Crippen molar-refractivity contribution in [3.8, 4) is 0 Å². The zero-order chi connectivity index (χ0) is 9.26. The van der Waals surface area contributed by atoms with Gasteiger partial charge in [-0.3, -0.25) is 4.79 Å². The zero-order valence-electron chi connectivity index (χ0n) is 7.32. The van der Waals surface area contributed by atoms with Gasteiger partial charge in [0.15, 0.2) is 6.29 Å². The molecule has 64 valence electrons. The Morgan fingerprint density at radius 1 is 1.23 bits per heavy atom. The van der Waals surface area contributed by atoms with Crippen molar-refractivity contribution in [1.82, 2.24) is 4.98 Å². The number of aromatic nitrogens is 1. The van der Waals surface area contributed by atoms with E-state index < -0.39 is 0 Å². The summed E-state index contributed by atoms with van der Waals surface area (Å²) in [5.41, 5.74) is 2.56. The highest BCUT2D eigenvalue weighted by Gasteiger charge is 1.96. The number of fused-ring (bicyclic) bond motifs is 1. The van der Waals surface area contributed by atoms with Gasteiger partial charge in [0.25, 0.3) is 0 Å². The lowest BCUT2D eigenvalue weighted by molar-refractivity contribution is 0.111. The molecule has 1 heterocycles. The third-order valence-corrected chi connectivity index (χ3v) is 1.99. The summed E-state index contributed by atoms with van der Waals surface area (Å²) in [5.74, 6) is 0. The van der Waals surface area contributed by atoms with E-state index in [1.54, 1.807) is 6.07 Å². The highest BCUT2D eigenvalue weighted by atomic mass is 16.1. The molecule has 0 atom stereocenters. The molecule has 0 radical (unpaired) electrons. The number of nitrogens with zero attached hydrogens (tertiary/aromatic N) is 1. The predicted molar refractivity (Wildman–Crippen MR) is 51.9 cm³/mol. The molecule has 0 bridgehead atoms. The average molecular weight is 171 g/mol. The zero-order valence-corrected chi connectivity index (χ0v) is 7.32. The summed E-state index contributed by atoms with van der Waals surface area (Å²) in [7, 11) is 0. The maximum absolute atomic E-state index is 10.5. The minimum Gasteiger partial charge on any atom is -0.296 e. The fraction of sp³-hybridized carbons (Fsp3) is 0.0909. The molecular weight excluding hydrogens is 162 g/mol. The Morgan fingerprint density at radius 2 is 2.08 bits per heavy atom. The van der Waals surface area contributed by atoms with Gasteiger partial charge in [0.05, 0.1) is 5.52 Å². The molecule has 2 nitrogen and oxygen atoms in total. The smallest absolute Gasteiger partial charge is 0.168 e. The van der Waals surface area contributed by atoms with Crippen molar-refractivity contribution in [2.45, 2.75) is 6.92 Å². The summed E-state index contributed by atoms with van der Waals surface area (Å²) in [6, 6.07) is 9.62. The van der Waals surface area contributed by atoms with E-state index in [1.165, 1.54) is 5.56 Å². The summed E-state index contributed by atoms with van der Waals surface area (Å²) in [5, 5.41) is 1.07. The van der Waals surface area contributed by atoms with Crippen molar-refractivity contribution in [3.63, 3.8) is 0 Å². The van der Waals surface area contributed by atoms with E-state index in [1.807, 2.05) is 25.1 Å². The van der Waals surface area contributed by atoms with Crippen LogP contribution >= 0.6 is 0 Å². The van der Waals surface area contributed by atoms with Gasteiger partial charge in [0.2, 0.25) is 0 Å². The van der Waals surface area contributed by atoms with E-state index in [0.29, 0.717) is 5.69 Å². The molecule has 0 amide bonds. The second kappa shape index (κ2) is 2.98. The van der Waals surface area contributed by atoms with Crippen LogP contribution in [0, 0.1) is 6.92 Å². The number of aryl methyl sites for hydroxylation is 1. The minimum atomic E-state index is 0.483. The van der Waals surface area contributed by atoms with Crippen LogP contribution in [-0.2, 0) is 0 Å². The number of hydrogen-bond donors (Lipinski definition) is 0. The van der Waals surface area contributed by atoms with Crippen LogP contribution in [0.5, 0.6) is 0 Å². The third kappa shape index (κ3) is 1.43. The van der Waals surface area contributed by atoms with Gasteiger partial charge in [-0.15, -0.1) is 0 Å². The number of hydrogen-bond acceptors (Lipinski definition) is 2. The average Bonchev–Trinajstić information content (AvgIpc) is 2.17. The number of pyridine rings is 1. The standard InChI is InChI=1S/C11H9NO/c1-8-2-5-11-9(6-8)3-4-10(7-13)12-11/h2-7H,1H3. The first-order valence-electron chi connectivity index (χ1n) is 4.12. The Labute approximate surface area is 76.2 Å². The molecule has 0 aliphatic carbocycles. The van der Waals surface area contributed by atoms with Gasteiger partial charge >= 0.3 is 0 Å². The fourth-order valence-electron chi connectivity index (χ4n) is 1.33. The summed E-state index contributed by atoms with van der Waals surface area (Å²) >= 11 is 0. The van der Waals surface area contributed by atoms with E-state index in [0.717, 1.165) is 17.2 Å². The molecule has 2 heteroatoms. The van der Waals surface area contributed by atoms with Crippen LogP contribution in [0.4, 0.5) is 0 Å². The van der Waals surface area contributed by atoms with E-state index in [-0.39, 0.29) is 0 Å². The van der Waals surface area contributed by atoms with Crippen molar-refractivity contribution in [1.29, 1.82) is 0 Å². The lowest BCUT2D eigenvalue weighted by Gasteiger charge is -1.98. The van der Waals surface area contributed by atoms with Crippen LogP contribution in [-0.4, -0.2) is 11.3 Å². The van der Waals surface area contributed by atoms with Crippen LogP contribution in [0.25, 0.3) is 10.9 Å². The monoisotopic (exact) mass is 171 g/mol. The van der Waals surface area contributed by atoms with Crippen molar-refractivity contribution in [2.75, 3.05) is 0 Å². The molecule has 0 spiro atoms. The van der Waals surface area contributed by atoms with Gasteiger partial charge in [-0.05, 0) is 25.1 Å². The topological polar surface area (TPSA) is 30.0 Å². The number of carbonyl (C=O) groups is 1. The second-order valence-corrected chi connectivity index (χ2v) is 3.05. The normalized spacial score (nSPS) is 10.2. The molecule has 0 fully saturated rings. The van der Waals surface area contributed by atoms with Crippen molar-refractivity contribution >= 4 is 17.2 Å². The lowest BCUT2D eigenvalue weighted by Crippen LogP contribution is -1.87. The highest BCUT2D eigenvalue weighted by molar-refractivity contribution is 5.83. The molecule has 0 aliphatic rings. The number of rotatable bonds is 1. The summed E-state index contributed by atoms with van der Waals surface area (Å²) in [6.45, 7) is 2.03. The maximum atomic E-state index is 10.5. The maximum Gasteiger partial charge on any atom is 0.168 e. The Morgan fingerprint density at radius 3 is 2.85 bits per heavy atom. The van der Waals surface area contributed by atoms with Crippen LogP contribution in [0.1, 0.15) is 16.1 Å². The van der Waals surface area contributed by atoms with Crippen LogP contribution < -0.4 is 0 Å². The van der Waals surface area contributed by atoms with Crippen molar-refractivity contribution in [2.24, 2.45) is 0 Å². The molecule has 2 rings (SSSR count). The second-order valence-electron chi connectivity index (χ2n) is 3.05. The molecular formula is C11H9NO. The number of benzene rings is 1. The van der Waals surface area contributed by atoms with Crippen LogP contribution in [0.3, 0.4) is 0 Å². The molecule has 1 aromatic carbocycles. The summed E-state index contributed by atoms with van der Waals surface area (Å²) in [4.78, 5) is 14.6. The lowest BCUT2D eigenvalue weighted by atomic mass is 10.1. The molecule has 1 aromatic heterocycles. The van der Waals surface area contributed by atoms with Gasteiger partial charge in [-0.1, -0.05) is 17.7 Å². The number of carbonyl (C=O) groups excluding carboxylic acids is 1. The van der Waals surface area contributed by atoms with Crippen molar-refractivity contribution < 1.29 is 4.79 Å². The molecule has 0 saturated carbocycles. The molecule has 0 N–H and O–H groups in total. The Hall–Kier alpha value is -1.70. The fourth-order valence-corrected chi connectivity index (χ4v) is 1.33. The van der Waals surface area contributed by atoms with E-state index in [2.05, 4.69) is 11.1 Å². The first-order valence-corrected chi connectivity index (χ1v) is 4.12. The molecule has 0 unspecified atom stereocenters. The SMILES string of the molecule is Cc1ccc2nc(C=O)ccc2c1. The quantitative estimate of drug-likeness (QED) is 0.616. The Bertz CT molecular complexity index is 463. The van der Waals surface area contributed by atoms with E-state index in [9.17, 15) is 4.79 Å². The largest absolute Gasteiger partial charge is 0.296 e. The molecule has 0 aliphatic heterocycles. The predicted octanol–water partition coefficient (Wildman–Crippen LogP) is 2.36. The Balaban J connectivity index is 2.73. The van der Waals surface area contributed by atoms with Gasteiger partial charge < -0.3 is 0 Å². The van der Waals surface area contributed by atoms with E-state index >= 15 is 0 Å². The van der Waals surface area contributed by atoms with Gasteiger partial charge in [0, 0.05) is 5.39 Å².